The summed E-state index contributed by atoms with van der Waals surface area (Å²) in [5, 5.41) is 7.79. The third-order valence-electron chi connectivity index (χ3n) is 4.94. The molecule has 3 nitrogen and oxygen atoms in total. The first-order valence-corrected chi connectivity index (χ1v) is 8.67. The van der Waals surface area contributed by atoms with Gasteiger partial charge >= 0.3 is 0 Å². The van der Waals surface area contributed by atoms with Crippen molar-refractivity contribution in [2.75, 3.05) is 19.6 Å². The van der Waals surface area contributed by atoms with E-state index < -0.39 is 0 Å². The zero-order valence-electron chi connectivity index (χ0n) is 13.2. The molecule has 1 aliphatic heterocycles. The molecule has 0 radical (unpaired) electrons. The van der Waals surface area contributed by atoms with E-state index in [9.17, 15) is 4.79 Å². The second kappa shape index (κ2) is 7.60. The van der Waals surface area contributed by atoms with E-state index >= 15 is 0 Å². The number of amides is 1. The van der Waals surface area contributed by atoms with Crippen molar-refractivity contribution in [1.82, 2.24) is 10.6 Å². The van der Waals surface area contributed by atoms with Gasteiger partial charge in [-0.25, -0.2) is 0 Å². The Balaban J connectivity index is 0.00000192. The fourth-order valence-corrected chi connectivity index (χ4v) is 3.82. The third kappa shape index (κ3) is 4.76. The summed E-state index contributed by atoms with van der Waals surface area (Å²) in [6.45, 7) is 5.11. The largest absolute Gasteiger partial charge is 0.355 e. The average molecular weight is 378 g/mol. The highest BCUT2D eigenvalue weighted by molar-refractivity contribution is 6.34. The van der Waals surface area contributed by atoms with Crippen LogP contribution in [0.2, 0.25) is 10.0 Å². The Morgan fingerprint density at radius 2 is 1.87 bits per heavy atom. The van der Waals surface area contributed by atoms with E-state index in [0.717, 1.165) is 44.5 Å². The number of rotatable bonds is 4. The lowest BCUT2D eigenvalue weighted by Crippen LogP contribution is -2.43. The van der Waals surface area contributed by atoms with E-state index in [2.05, 4.69) is 17.6 Å². The van der Waals surface area contributed by atoms with Crippen LogP contribution in [-0.4, -0.2) is 25.5 Å². The Hall–Kier alpha value is -0.480. The average Bonchev–Trinajstić information content (AvgIpc) is 3.25. The normalized spacial score (nSPS) is 25.3. The van der Waals surface area contributed by atoms with Gasteiger partial charge in [-0.05, 0) is 67.4 Å². The van der Waals surface area contributed by atoms with Crippen LogP contribution in [0.1, 0.15) is 37.7 Å². The molecule has 2 aliphatic rings. The van der Waals surface area contributed by atoms with Crippen LogP contribution in [-0.2, 0) is 4.79 Å². The lowest BCUT2D eigenvalue weighted by molar-refractivity contribution is -0.123. The molecule has 6 heteroatoms. The Morgan fingerprint density at radius 1 is 1.26 bits per heavy atom. The van der Waals surface area contributed by atoms with Crippen LogP contribution in [0.4, 0.5) is 0 Å². The van der Waals surface area contributed by atoms with Gasteiger partial charge in [-0.15, -0.1) is 12.4 Å². The SMILES string of the molecule is CC1(CNC(=O)C2CC2c2cc(Cl)cc(Cl)c2)CCNCC1.Cl. The van der Waals surface area contributed by atoms with Gasteiger partial charge in [0.25, 0.3) is 0 Å². The Bertz CT molecular complexity index is 553. The van der Waals surface area contributed by atoms with E-state index in [1.807, 2.05) is 12.1 Å². The quantitative estimate of drug-likeness (QED) is 0.832. The summed E-state index contributed by atoms with van der Waals surface area (Å²) in [5.41, 5.74) is 1.30. The number of piperidine rings is 1. The summed E-state index contributed by atoms with van der Waals surface area (Å²) in [4.78, 5) is 12.4. The topological polar surface area (TPSA) is 41.1 Å². The van der Waals surface area contributed by atoms with E-state index in [0.29, 0.717) is 10.0 Å². The number of benzene rings is 1. The van der Waals surface area contributed by atoms with Crippen molar-refractivity contribution in [2.45, 2.75) is 32.1 Å². The molecule has 1 amide bonds. The maximum atomic E-state index is 12.4. The first-order chi connectivity index (χ1) is 10.5. The van der Waals surface area contributed by atoms with Crippen molar-refractivity contribution >= 4 is 41.5 Å². The molecule has 1 saturated heterocycles. The highest BCUT2D eigenvalue weighted by Crippen LogP contribution is 2.48. The number of carbonyl (C=O) groups excluding carboxylic acids is 1. The second-order valence-electron chi connectivity index (χ2n) is 6.93. The Labute approximate surface area is 153 Å². The highest BCUT2D eigenvalue weighted by Gasteiger charge is 2.44. The smallest absolute Gasteiger partial charge is 0.223 e. The van der Waals surface area contributed by atoms with Crippen LogP contribution in [0, 0.1) is 11.3 Å². The summed E-state index contributed by atoms with van der Waals surface area (Å²) < 4.78 is 0. The monoisotopic (exact) mass is 376 g/mol. The van der Waals surface area contributed by atoms with Crippen molar-refractivity contribution in [2.24, 2.45) is 11.3 Å². The molecule has 1 heterocycles. The van der Waals surface area contributed by atoms with Crippen molar-refractivity contribution < 1.29 is 4.79 Å². The van der Waals surface area contributed by atoms with Gasteiger partial charge in [0.2, 0.25) is 5.91 Å². The van der Waals surface area contributed by atoms with Crippen LogP contribution >= 0.6 is 35.6 Å². The molecule has 2 atom stereocenters. The molecular weight excluding hydrogens is 355 g/mol. The summed E-state index contributed by atoms with van der Waals surface area (Å²) in [6.07, 6.45) is 3.12. The minimum Gasteiger partial charge on any atom is -0.355 e. The van der Waals surface area contributed by atoms with Gasteiger partial charge in [0, 0.05) is 22.5 Å². The standard InChI is InChI=1S/C17H22Cl2N2O.ClH/c1-17(2-4-20-5-3-17)10-21-16(22)15-9-14(15)11-6-12(18)8-13(19)7-11;/h6-8,14-15,20H,2-5,9-10H2,1H3,(H,21,22);1H. The Morgan fingerprint density at radius 3 is 2.48 bits per heavy atom. The highest BCUT2D eigenvalue weighted by atomic mass is 35.5. The number of hydrogen-bond acceptors (Lipinski definition) is 2. The molecule has 1 saturated carbocycles. The molecule has 2 N–H and O–H groups in total. The molecule has 2 unspecified atom stereocenters. The lowest BCUT2D eigenvalue weighted by atomic mass is 9.81. The zero-order valence-corrected chi connectivity index (χ0v) is 15.5. The number of nitrogens with one attached hydrogen (secondary N) is 2. The number of halogens is 3. The number of carbonyl (C=O) groups is 1. The third-order valence-corrected chi connectivity index (χ3v) is 5.38. The molecule has 3 rings (SSSR count). The lowest BCUT2D eigenvalue weighted by Gasteiger charge is -2.34. The first kappa shape index (κ1) is 18.9. The van der Waals surface area contributed by atoms with Gasteiger partial charge in [0.1, 0.15) is 0 Å². The van der Waals surface area contributed by atoms with Crippen molar-refractivity contribution in [3.63, 3.8) is 0 Å². The maximum absolute atomic E-state index is 12.4. The molecule has 1 aromatic rings. The summed E-state index contributed by atoms with van der Waals surface area (Å²) in [5.74, 6) is 0.498. The predicted octanol–water partition coefficient (Wildman–Crippen LogP) is 4.02. The van der Waals surface area contributed by atoms with Crippen LogP contribution in [0.3, 0.4) is 0 Å². The van der Waals surface area contributed by atoms with Crippen LogP contribution in [0.15, 0.2) is 18.2 Å². The van der Waals surface area contributed by atoms with E-state index in [1.54, 1.807) is 6.07 Å². The van der Waals surface area contributed by atoms with E-state index in [-0.39, 0.29) is 35.6 Å². The minimum atomic E-state index is 0. The van der Waals surface area contributed by atoms with Gasteiger partial charge in [0.15, 0.2) is 0 Å². The molecule has 2 fully saturated rings. The molecule has 0 spiro atoms. The molecule has 1 aliphatic carbocycles. The summed E-state index contributed by atoms with van der Waals surface area (Å²) in [7, 11) is 0. The summed E-state index contributed by atoms with van der Waals surface area (Å²) in [6, 6.07) is 5.56. The first-order valence-electron chi connectivity index (χ1n) is 7.91. The van der Waals surface area contributed by atoms with Crippen LogP contribution in [0.25, 0.3) is 0 Å². The summed E-state index contributed by atoms with van der Waals surface area (Å²) >= 11 is 12.1. The molecule has 0 aromatic heterocycles. The van der Waals surface area contributed by atoms with Gasteiger partial charge in [-0.2, -0.15) is 0 Å². The van der Waals surface area contributed by atoms with Gasteiger partial charge in [0.05, 0.1) is 0 Å². The zero-order chi connectivity index (χ0) is 15.7. The van der Waals surface area contributed by atoms with Gasteiger partial charge < -0.3 is 10.6 Å². The van der Waals surface area contributed by atoms with Gasteiger partial charge in [-0.3, -0.25) is 4.79 Å². The maximum Gasteiger partial charge on any atom is 0.223 e. The van der Waals surface area contributed by atoms with Crippen molar-refractivity contribution in [1.29, 1.82) is 0 Å². The van der Waals surface area contributed by atoms with Crippen LogP contribution < -0.4 is 10.6 Å². The minimum absolute atomic E-state index is 0. The Kier molecular flexibility index (Phi) is 6.23. The van der Waals surface area contributed by atoms with Crippen molar-refractivity contribution in [3.8, 4) is 0 Å². The van der Waals surface area contributed by atoms with E-state index in [4.69, 9.17) is 23.2 Å². The number of hydrogen-bond donors (Lipinski definition) is 2. The van der Waals surface area contributed by atoms with Crippen molar-refractivity contribution in [3.05, 3.63) is 33.8 Å². The molecule has 128 valence electrons. The molecular formula is C17H23Cl3N2O. The van der Waals surface area contributed by atoms with Crippen LogP contribution in [0.5, 0.6) is 0 Å². The fraction of sp³-hybridized carbons (Fsp3) is 0.588. The fourth-order valence-electron chi connectivity index (χ4n) is 3.28. The predicted molar refractivity (Wildman–Crippen MR) is 97.8 cm³/mol. The molecule has 0 bridgehead atoms. The molecule has 1 aromatic carbocycles. The van der Waals surface area contributed by atoms with E-state index in [1.165, 1.54) is 0 Å². The van der Waals surface area contributed by atoms with Gasteiger partial charge in [-0.1, -0.05) is 30.1 Å². The second-order valence-corrected chi connectivity index (χ2v) is 7.80. The molecule has 23 heavy (non-hydrogen) atoms.